The molecule has 1 amide bonds. The van der Waals surface area contributed by atoms with Crippen LogP contribution in [0.4, 0.5) is 13.2 Å². The second-order valence-electron chi connectivity index (χ2n) is 9.39. The lowest BCUT2D eigenvalue weighted by molar-refractivity contribution is -0.136. The summed E-state index contributed by atoms with van der Waals surface area (Å²) in [5.74, 6) is -3.26. The number of piperidine rings is 1. The second kappa shape index (κ2) is 10.2. The largest absolute Gasteiger partial charge is 0.497 e. The molecule has 2 heterocycles. The Morgan fingerprint density at radius 1 is 1.09 bits per heavy atom. The number of nitrogens with two attached hydrogens (primary N) is 1. The van der Waals surface area contributed by atoms with Gasteiger partial charge in [-0.1, -0.05) is 6.07 Å². The number of carbonyl (C=O) groups excluding carboxylic acids is 1. The van der Waals surface area contributed by atoms with Crippen LogP contribution >= 0.6 is 0 Å². The zero-order chi connectivity index (χ0) is 25.3. The number of hydrogen-bond donors (Lipinski definition) is 1. The molecule has 0 saturated carbocycles. The van der Waals surface area contributed by atoms with Crippen molar-refractivity contribution < 1.29 is 31.1 Å². The molecule has 2 aliphatic heterocycles. The molecule has 2 aliphatic rings. The van der Waals surface area contributed by atoms with Crippen molar-refractivity contribution in [2.45, 2.75) is 61.5 Å². The Bertz CT molecular complexity index is 1190. The number of benzene rings is 2. The van der Waals surface area contributed by atoms with Gasteiger partial charge >= 0.3 is 0 Å². The monoisotopic (exact) mass is 510 g/mol. The van der Waals surface area contributed by atoms with E-state index in [1.54, 1.807) is 17.0 Å². The van der Waals surface area contributed by atoms with Gasteiger partial charge in [-0.25, -0.2) is 21.6 Å². The average molecular weight is 511 g/mol. The highest BCUT2D eigenvalue weighted by Gasteiger charge is 2.44. The van der Waals surface area contributed by atoms with Crippen LogP contribution in [0.2, 0.25) is 0 Å². The molecule has 0 aromatic heterocycles. The van der Waals surface area contributed by atoms with Crippen molar-refractivity contribution in [1.29, 1.82) is 0 Å². The molecule has 2 aromatic carbocycles. The highest BCUT2D eigenvalue weighted by molar-refractivity contribution is 7.91. The molecule has 0 radical (unpaired) electrons. The maximum Gasteiger partial charge on any atom is 0.224 e. The number of hydrogen-bond acceptors (Lipinski definition) is 5. The molecular weight excluding hydrogens is 481 g/mol. The van der Waals surface area contributed by atoms with E-state index in [2.05, 4.69) is 0 Å². The van der Waals surface area contributed by atoms with Crippen molar-refractivity contribution in [2.75, 3.05) is 12.9 Å². The molecule has 10 heteroatoms. The van der Waals surface area contributed by atoms with Crippen LogP contribution in [0.3, 0.4) is 0 Å². The minimum absolute atomic E-state index is 0.00965. The van der Waals surface area contributed by atoms with Crippen molar-refractivity contribution in [3.05, 3.63) is 59.4 Å². The van der Waals surface area contributed by atoms with Gasteiger partial charge in [-0.3, -0.25) is 4.79 Å². The van der Waals surface area contributed by atoms with Crippen LogP contribution < -0.4 is 10.5 Å². The van der Waals surface area contributed by atoms with Crippen LogP contribution in [-0.2, 0) is 21.1 Å². The van der Waals surface area contributed by atoms with Crippen LogP contribution in [-0.4, -0.2) is 50.2 Å². The quantitative estimate of drug-likeness (QED) is 0.548. The first-order valence-corrected chi connectivity index (χ1v) is 13.3. The minimum atomic E-state index is -3.65. The number of ether oxygens (including phenoxy) is 1. The van der Waals surface area contributed by atoms with Crippen LogP contribution in [0.1, 0.15) is 37.7 Å². The number of nitrogens with zero attached hydrogens (tertiary/aromatic N) is 1. The van der Waals surface area contributed by atoms with Crippen molar-refractivity contribution in [2.24, 2.45) is 11.7 Å². The average Bonchev–Trinajstić information content (AvgIpc) is 3.10. The van der Waals surface area contributed by atoms with E-state index in [0.717, 1.165) is 18.9 Å². The molecule has 2 aromatic rings. The zero-order valence-electron chi connectivity index (χ0n) is 19.4. The van der Waals surface area contributed by atoms with Gasteiger partial charge in [0.15, 0.2) is 21.5 Å². The Morgan fingerprint density at radius 3 is 2.40 bits per heavy atom. The summed E-state index contributed by atoms with van der Waals surface area (Å²) in [4.78, 5) is 14.9. The number of sulfone groups is 1. The van der Waals surface area contributed by atoms with Gasteiger partial charge in [-0.15, -0.1) is 0 Å². The molecule has 2 fully saturated rings. The summed E-state index contributed by atoms with van der Waals surface area (Å²) < 4.78 is 71.4. The topological polar surface area (TPSA) is 89.7 Å². The SMILES string of the molecule is COc1cccc(S(=O)(=O)CCC(=O)N2[C@@H]3CC[C@H]2CC([C@H](N)Cc2cc(F)c(F)cc2F)C3)c1. The van der Waals surface area contributed by atoms with E-state index in [0.29, 0.717) is 24.7 Å². The third-order valence-corrected chi connectivity index (χ3v) is 8.91. The number of fused-ring (bicyclic) bond motifs is 2. The molecule has 2 saturated heterocycles. The lowest BCUT2D eigenvalue weighted by Gasteiger charge is -2.41. The fourth-order valence-corrected chi connectivity index (χ4v) is 6.64. The standard InChI is InChI=1S/C25H29F3N2O4S/c1-34-19-3-2-4-20(13-19)35(32,33)8-7-25(31)30-17-5-6-18(30)10-16(9-17)24(29)12-15-11-22(27)23(28)14-21(15)26/h2-4,11,13-14,16-18,24H,5-10,12,29H2,1H3/t16?,17-,18+,24-/m1/s1. The highest BCUT2D eigenvalue weighted by atomic mass is 32.2. The molecule has 1 unspecified atom stereocenters. The summed E-state index contributed by atoms with van der Waals surface area (Å²) in [6.07, 6.45) is 2.75. The number of amides is 1. The van der Waals surface area contributed by atoms with Gasteiger partial charge in [0.25, 0.3) is 0 Å². The van der Waals surface area contributed by atoms with Gasteiger partial charge in [0.2, 0.25) is 5.91 Å². The molecule has 4 atom stereocenters. The Morgan fingerprint density at radius 2 is 1.74 bits per heavy atom. The van der Waals surface area contributed by atoms with E-state index < -0.39 is 33.3 Å². The van der Waals surface area contributed by atoms with E-state index in [1.807, 2.05) is 0 Å². The Kier molecular flexibility index (Phi) is 7.42. The summed E-state index contributed by atoms with van der Waals surface area (Å²) in [7, 11) is -2.20. The van der Waals surface area contributed by atoms with E-state index in [1.165, 1.54) is 19.2 Å². The predicted molar refractivity (Wildman–Crippen MR) is 124 cm³/mol. The lowest BCUT2D eigenvalue weighted by Crippen LogP contribution is -2.50. The van der Waals surface area contributed by atoms with Crippen LogP contribution in [0.5, 0.6) is 5.75 Å². The van der Waals surface area contributed by atoms with Crippen molar-refractivity contribution in [3.8, 4) is 5.75 Å². The number of methoxy groups -OCH3 is 1. The van der Waals surface area contributed by atoms with Crippen LogP contribution in [0.15, 0.2) is 41.3 Å². The van der Waals surface area contributed by atoms with Crippen LogP contribution in [0, 0.1) is 23.4 Å². The first-order valence-electron chi connectivity index (χ1n) is 11.7. The Hall–Kier alpha value is -2.59. The summed E-state index contributed by atoms with van der Waals surface area (Å²) in [6, 6.07) is 6.94. The number of halogens is 3. The molecule has 2 bridgehead atoms. The Labute approximate surface area is 203 Å². The van der Waals surface area contributed by atoms with Gasteiger partial charge < -0.3 is 15.4 Å². The normalized spacial score (nSPS) is 22.8. The van der Waals surface area contributed by atoms with Gasteiger partial charge in [-0.05, 0) is 67.9 Å². The van der Waals surface area contributed by atoms with Crippen molar-refractivity contribution >= 4 is 15.7 Å². The smallest absolute Gasteiger partial charge is 0.224 e. The third kappa shape index (κ3) is 5.48. The molecular formula is C25H29F3N2O4S. The first kappa shape index (κ1) is 25.5. The maximum atomic E-state index is 14.1. The van der Waals surface area contributed by atoms with E-state index >= 15 is 0 Å². The molecule has 190 valence electrons. The predicted octanol–water partition coefficient (Wildman–Crippen LogP) is 3.62. The molecule has 0 spiro atoms. The van der Waals surface area contributed by atoms with Gasteiger partial charge in [0, 0.05) is 30.6 Å². The van der Waals surface area contributed by atoms with E-state index in [-0.39, 0.29) is 53.0 Å². The maximum absolute atomic E-state index is 14.1. The third-order valence-electron chi connectivity index (χ3n) is 7.19. The summed E-state index contributed by atoms with van der Waals surface area (Å²) >= 11 is 0. The van der Waals surface area contributed by atoms with Gasteiger partial charge in [0.1, 0.15) is 11.6 Å². The second-order valence-corrected chi connectivity index (χ2v) is 11.5. The molecule has 4 rings (SSSR count). The highest BCUT2D eigenvalue weighted by Crippen LogP contribution is 2.40. The van der Waals surface area contributed by atoms with E-state index in [9.17, 15) is 26.4 Å². The summed E-state index contributed by atoms with van der Waals surface area (Å²) in [6.45, 7) is 0. The summed E-state index contributed by atoms with van der Waals surface area (Å²) in [5, 5.41) is 0. The fraction of sp³-hybridized carbons (Fsp3) is 0.480. The zero-order valence-corrected chi connectivity index (χ0v) is 20.2. The first-order chi connectivity index (χ1) is 16.6. The number of rotatable bonds is 8. The van der Waals surface area contributed by atoms with E-state index in [4.69, 9.17) is 10.5 Å². The Balaban J connectivity index is 1.37. The van der Waals surface area contributed by atoms with Crippen molar-refractivity contribution in [3.63, 3.8) is 0 Å². The number of carbonyl (C=O) groups is 1. The lowest BCUT2D eigenvalue weighted by atomic mass is 9.82. The minimum Gasteiger partial charge on any atom is -0.497 e. The van der Waals surface area contributed by atoms with Gasteiger partial charge in [0.05, 0.1) is 17.8 Å². The molecule has 6 nitrogen and oxygen atoms in total. The summed E-state index contributed by atoms with van der Waals surface area (Å²) in [5.41, 5.74) is 6.37. The van der Waals surface area contributed by atoms with Gasteiger partial charge in [-0.2, -0.15) is 0 Å². The van der Waals surface area contributed by atoms with Crippen molar-refractivity contribution in [1.82, 2.24) is 4.90 Å². The fourth-order valence-electron chi connectivity index (χ4n) is 5.38. The molecule has 0 aliphatic carbocycles. The van der Waals surface area contributed by atoms with Crippen LogP contribution in [0.25, 0.3) is 0 Å². The molecule has 2 N–H and O–H groups in total. The molecule has 35 heavy (non-hydrogen) atoms.